The van der Waals surface area contributed by atoms with Gasteiger partial charge in [0.15, 0.2) is 5.84 Å². The van der Waals surface area contributed by atoms with E-state index in [-0.39, 0.29) is 29.9 Å². The molecule has 0 heterocycles. The number of benzene rings is 1. The molecule has 0 aliphatic carbocycles. The highest BCUT2D eigenvalue weighted by Crippen LogP contribution is 2.13. The van der Waals surface area contributed by atoms with Gasteiger partial charge in [-0.25, -0.2) is 4.39 Å². The van der Waals surface area contributed by atoms with Crippen LogP contribution in [-0.2, 0) is 0 Å². The third-order valence-corrected chi connectivity index (χ3v) is 2.63. The summed E-state index contributed by atoms with van der Waals surface area (Å²) in [4.78, 5) is 13.7. The first-order chi connectivity index (χ1) is 8.85. The summed E-state index contributed by atoms with van der Waals surface area (Å²) in [7, 11) is 0. The first-order valence-electron chi connectivity index (χ1n) is 5.89. The van der Waals surface area contributed by atoms with Crippen molar-refractivity contribution in [3.63, 3.8) is 0 Å². The van der Waals surface area contributed by atoms with Crippen molar-refractivity contribution in [2.24, 2.45) is 10.9 Å². The molecule has 1 amide bonds. The van der Waals surface area contributed by atoms with E-state index >= 15 is 0 Å². The summed E-state index contributed by atoms with van der Waals surface area (Å²) in [5.74, 6) is -0.893. The molecule has 5 nitrogen and oxygen atoms in total. The number of carbonyl (C=O) groups excluding carboxylic acids is 1. The van der Waals surface area contributed by atoms with Crippen molar-refractivity contribution in [3.8, 4) is 0 Å². The van der Waals surface area contributed by atoms with Crippen molar-refractivity contribution in [2.75, 3.05) is 6.54 Å². The first-order valence-corrected chi connectivity index (χ1v) is 5.89. The second-order valence-electron chi connectivity index (χ2n) is 4.64. The lowest BCUT2D eigenvalue weighted by atomic mass is 10.1. The Morgan fingerprint density at radius 1 is 1.47 bits per heavy atom. The first kappa shape index (κ1) is 14.9. The molecule has 0 atom stereocenters. The van der Waals surface area contributed by atoms with Gasteiger partial charge in [0.1, 0.15) is 5.82 Å². The number of hydrogen-bond donors (Lipinski definition) is 2. The number of nitrogens with two attached hydrogens (primary N) is 1. The van der Waals surface area contributed by atoms with Gasteiger partial charge in [0.2, 0.25) is 0 Å². The van der Waals surface area contributed by atoms with Gasteiger partial charge in [-0.05, 0) is 44.5 Å². The van der Waals surface area contributed by atoms with Gasteiger partial charge in [0.05, 0.1) is 6.54 Å². The Kier molecular flexibility index (Phi) is 4.86. The van der Waals surface area contributed by atoms with Crippen LogP contribution in [0.25, 0.3) is 0 Å². The molecule has 104 valence electrons. The third-order valence-electron chi connectivity index (χ3n) is 2.63. The van der Waals surface area contributed by atoms with Gasteiger partial charge >= 0.3 is 0 Å². The lowest BCUT2D eigenvalue weighted by molar-refractivity contribution is 0.0733. The Bertz CT molecular complexity index is 480. The largest absolute Gasteiger partial charge is 0.409 e. The zero-order valence-corrected chi connectivity index (χ0v) is 11.2. The molecule has 0 spiro atoms. The third kappa shape index (κ3) is 3.94. The summed E-state index contributed by atoms with van der Waals surface area (Å²) < 4.78 is 13.3. The molecule has 1 rings (SSSR count). The topological polar surface area (TPSA) is 78.9 Å². The summed E-state index contributed by atoms with van der Waals surface area (Å²) in [6.45, 7) is 5.30. The smallest absolute Gasteiger partial charge is 0.254 e. The van der Waals surface area contributed by atoms with E-state index in [4.69, 9.17) is 10.9 Å². The number of carbonyl (C=O) groups is 1. The molecule has 0 bridgehead atoms. The summed E-state index contributed by atoms with van der Waals surface area (Å²) in [5, 5.41) is 11.4. The minimum atomic E-state index is -0.462. The van der Waals surface area contributed by atoms with Gasteiger partial charge in [-0.1, -0.05) is 5.16 Å². The quantitative estimate of drug-likeness (QED) is 0.377. The van der Waals surface area contributed by atoms with Gasteiger partial charge in [0, 0.05) is 11.6 Å². The summed E-state index contributed by atoms with van der Waals surface area (Å²) in [5.41, 5.74) is 6.33. The normalized spacial score (nSPS) is 11.7. The molecule has 0 radical (unpaired) electrons. The minimum absolute atomic E-state index is 0.0113. The van der Waals surface area contributed by atoms with Crippen LogP contribution in [0.5, 0.6) is 0 Å². The molecule has 0 fully saturated rings. The Balaban J connectivity index is 3.05. The number of nitrogens with zero attached hydrogens (tertiary/aromatic N) is 2. The monoisotopic (exact) mass is 267 g/mol. The number of halogens is 1. The van der Waals surface area contributed by atoms with E-state index in [2.05, 4.69) is 5.16 Å². The fraction of sp³-hybridized carbons (Fsp3) is 0.385. The van der Waals surface area contributed by atoms with Crippen LogP contribution in [0.15, 0.2) is 23.4 Å². The average molecular weight is 267 g/mol. The van der Waals surface area contributed by atoms with Crippen molar-refractivity contribution in [1.82, 2.24) is 4.90 Å². The van der Waals surface area contributed by atoms with Crippen LogP contribution in [0.4, 0.5) is 4.39 Å². The van der Waals surface area contributed by atoms with Crippen LogP contribution in [0.1, 0.15) is 29.8 Å². The van der Waals surface area contributed by atoms with Crippen molar-refractivity contribution in [2.45, 2.75) is 26.8 Å². The predicted molar refractivity (Wildman–Crippen MR) is 70.7 cm³/mol. The van der Waals surface area contributed by atoms with E-state index in [1.807, 2.05) is 0 Å². The number of hydrogen-bond acceptors (Lipinski definition) is 3. The molecule has 1 aromatic rings. The number of aryl methyl sites for hydroxylation is 1. The molecule has 0 aromatic heterocycles. The fourth-order valence-corrected chi connectivity index (χ4v) is 1.72. The molecule has 3 N–H and O–H groups in total. The van der Waals surface area contributed by atoms with Crippen LogP contribution in [0.2, 0.25) is 0 Å². The number of amidine groups is 1. The minimum Gasteiger partial charge on any atom is -0.409 e. The number of rotatable bonds is 4. The standard InChI is InChI=1S/C13H18FN3O2/c1-8(2)17(7-12(15)16-19)13(18)10-4-9(3)5-11(14)6-10/h4-6,8,19H,7H2,1-3H3,(H2,15,16). The molecule has 0 aliphatic heterocycles. The van der Waals surface area contributed by atoms with E-state index in [1.165, 1.54) is 17.0 Å². The maximum absolute atomic E-state index is 13.3. The molecule has 0 aliphatic rings. The zero-order chi connectivity index (χ0) is 14.6. The van der Waals surface area contributed by atoms with Crippen LogP contribution in [0, 0.1) is 12.7 Å². The van der Waals surface area contributed by atoms with Gasteiger partial charge in [-0.15, -0.1) is 0 Å². The van der Waals surface area contributed by atoms with Crippen LogP contribution in [-0.4, -0.2) is 34.4 Å². The van der Waals surface area contributed by atoms with E-state index in [1.54, 1.807) is 26.8 Å². The zero-order valence-electron chi connectivity index (χ0n) is 11.2. The highest BCUT2D eigenvalue weighted by molar-refractivity contribution is 5.97. The van der Waals surface area contributed by atoms with E-state index in [0.29, 0.717) is 5.56 Å². The lowest BCUT2D eigenvalue weighted by Gasteiger charge is -2.26. The average Bonchev–Trinajstić information content (AvgIpc) is 2.33. The van der Waals surface area contributed by atoms with Crippen LogP contribution in [0.3, 0.4) is 0 Å². The van der Waals surface area contributed by atoms with Gasteiger partial charge in [-0.2, -0.15) is 0 Å². The highest BCUT2D eigenvalue weighted by Gasteiger charge is 2.20. The molecule has 0 saturated carbocycles. The van der Waals surface area contributed by atoms with Gasteiger partial charge < -0.3 is 15.8 Å². The molecule has 0 unspecified atom stereocenters. The second-order valence-corrected chi connectivity index (χ2v) is 4.64. The fourth-order valence-electron chi connectivity index (χ4n) is 1.72. The van der Waals surface area contributed by atoms with Gasteiger partial charge in [-0.3, -0.25) is 4.79 Å². The predicted octanol–water partition coefficient (Wildman–Crippen LogP) is 1.73. The number of amides is 1. The molecule has 0 saturated heterocycles. The van der Waals surface area contributed by atoms with Crippen molar-refractivity contribution in [1.29, 1.82) is 0 Å². The van der Waals surface area contributed by atoms with Crippen molar-refractivity contribution >= 4 is 11.7 Å². The maximum atomic E-state index is 13.3. The van der Waals surface area contributed by atoms with Crippen molar-refractivity contribution in [3.05, 3.63) is 35.1 Å². The van der Waals surface area contributed by atoms with E-state index < -0.39 is 5.82 Å². The van der Waals surface area contributed by atoms with Gasteiger partial charge in [0.25, 0.3) is 5.91 Å². The summed E-state index contributed by atoms with van der Waals surface area (Å²) >= 11 is 0. The maximum Gasteiger partial charge on any atom is 0.254 e. The van der Waals surface area contributed by atoms with Crippen LogP contribution >= 0.6 is 0 Å². The summed E-state index contributed by atoms with van der Waals surface area (Å²) in [6.07, 6.45) is 0. The van der Waals surface area contributed by atoms with Crippen molar-refractivity contribution < 1.29 is 14.4 Å². The van der Waals surface area contributed by atoms with E-state index in [0.717, 1.165) is 0 Å². The Hall–Kier alpha value is -2.11. The van der Waals surface area contributed by atoms with E-state index in [9.17, 15) is 9.18 Å². The Morgan fingerprint density at radius 2 is 2.11 bits per heavy atom. The SMILES string of the molecule is Cc1cc(F)cc(C(=O)N(C/C(N)=N/O)C(C)C)c1. The second kappa shape index (κ2) is 6.17. The summed E-state index contributed by atoms with van der Waals surface area (Å²) in [6, 6.07) is 3.97. The molecule has 1 aromatic carbocycles. The highest BCUT2D eigenvalue weighted by atomic mass is 19.1. The molecular formula is C13H18FN3O2. The molecule has 19 heavy (non-hydrogen) atoms. The Morgan fingerprint density at radius 3 is 2.58 bits per heavy atom. The Labute approximate surface area is 111 Å². The molecule has 6 heteroatoms. The molecular weight excluding hydrogens is 249 g/mol. The van der Waals surface area contributed by atoms with Crippen LogP contribution < -0.4 is 5.73 Å². The lowest BCUT2D eigenvalue weighted by Crippen LogP contribution is -2.42. The number of oxime groups is 1.